The van der Waals surface area contributed by atoms with E-state index in [-0.39, 0.29) is 23.3 Å². The van der Waals surface area contributed by atoms with Crippen LogP contribution in [0.15, 0.2) is 36.5 Å². The van der Waals surface area contributed by atoms with Gasteiger partial charge in [0.05, 0.1) is 11.3 Å². The first kappa shape index (κ1) is 16.5. The van der Waals surface area contributed by atoms with Gasteiger partial charge in [-0.15, -0.1) is 0 Å². The van der Waals surface area contributed by atoms with Gasteiger partial charge in [0.1, 0.15) is 0 Å². The van der Waals surface area contributed by atoms with Gasteiger partial charge >= 0.3 is 6.18 Å². The highest BCUT2D eigenvalue weighted by atomic mass is 19.4. The van der Waals surface area contributed by atoms with Gasteiger partial charge < -0.3 is 10.6 Å². The summed E-state index contributed by atoms with van der Waals surface area (Å²) in [5.41, 5.74) is 5.55. The minimum Gasteiger partial charge on any atom is -0.336 e. The third-order valence-electron chi connectivity index (χ3n) is 3.99. The predicted molar refractivity (Wildman–Crippen MR) is 81.7 cm³/mol. The van der Waals surface area contributed by atoms with Crippen LogP contribution in [-0.2, 0) is 6.18 Å². The molecule has 24 heavy (non-hydrogen) atoms. The van der Waals surface area contributed by atoms with Crippen molar-refractivity contribution < 1.29 is 18.0 Å². The molecule has 0 aliphatic carbocycles. The number of piperidine rings is 1. The normalized spacial score (nSPS) is 18.7. The molecule has 3 rings (SSSR count). The molecule has 2 heterocycles. The Bertz CT molecular complexity index is 741. The molecule has 2 N–H and O–H groups in total. The third kappa shape index (κ3) is 3.43. The maximum atomic E-state index is 12.8. The first-order chi connectivity index (χ1) is 11.3. The molecular formula is C16H17F3N4O. The van der Waals surface area contributed by atoms with Crippen molar-refractivity contribution in [2.75, 3.05) is 13.1 Å². The number of hydrogen-bond acceptors (Lipinski definition) is 3. The number of carbonyl (C=O) groups excluding carboxylic acids is 1. The summed E-state index contributed by atoms with van der Waals surface area (Å²) in [6, 6.07) is 6.26. The zero-order chi connectivity index (χ0) is 17.3. The highest BCUT2D eigenvalue weighted by Gasteiger charge is 2.30. The van der Waals surface area contributed by atoms with Gasteiger partial charge in [-0.25, -0.2) is 4.68 Å². The van der Waals surface area contributed by atoms with Crippen LogP contribution in [0.1, 0.15) is 28.9 Å². The quantitative estimate of drug-likeness (QED) is 0.915. The Kier molecular flexibility index (Phi) is 4.31. The van der Waals surface area contributed by atoms with E-state index < -0.39 is 11.7 Å². The summed E-state index contributed by atoms with van der Waals surface area (Å²) in [6.07, 6.45) is -1.23. The molecular weight excluding hydrogens is 321 g/mol. The van der Waals surface area contributed by atoms with Gasteiger partial charge in [0.2, 0.25) is 0 Å². The van der Waals surface area contributed by atoms with Crippen molar-refractivity contribution in [1.82, 2.24) is 14.7 Å². The Morgan fingerprint density at radius 1 is 1.29 bits per heavy atom. The fourth-order valence-corrected chi connectivity index (χ4v) is 2.76. The molecule has 0 saturated carbocycles. The maximum absolute atomic E-state index is 12.8. The number of nitrogens with two attached hydrogens (primary N) is 1. The van der Waals surface area contributed by atoms with E-state index in [1.54, 1.807) is 4.90 Å². The zero-order valence-electron chi connectivity index (χ0n) is 12.8. The van der Waals surface area contributed by atoms with Crippen LogP contribution in [0.3, 0.4) is 0 Å². The molecule has 2 aromatic rings. The number of halogens is 3. The number of benzene rings is 1. The Morgan fingerprint density at radius 2 is 2.08 bits per heavy atom. The number of rotatable bonds is 2. The Labute approximate surface area is 136 Å². The predicted octanol–water partition coefficient (Wildman–Crippen LogP) is 2.45. The van der Waals surface area contributed by atoms with Crippen LogP contribution < -0.4 is 5.73 Å². The average molecular weight is 338 g/mol. The number of alkyl halides is 3. The van der Waals surface area contributed by atoms with E-state index in [0.717, 1.165) is 25.0 Å². The second kappa shape index (κ2) is 6.27. The topological polar surface area (TPSA) is 64.2 Å². The van der Waals surface area contributed by atoms with E-state index in [0.29, 0.717) is 13.1 Å². The van der Waals surface area contributed by atoms with Crippen LogP contribution in [0, 0.1) is 0 Å². The second-order valence-corrected chi connectivity index (χ2v) is 5.85. The van der Waals surface area contributed by atoms with E-state index in [9.17, 15) is 18.0 Å². The minimum atomic E-state index is -4.42. The van der Waals surface area contributed by atoms with E-state index in [2.05, 4.69) is 5.10 Å². The molecule has 128 valence electrons. The van der Waals surface area contributed by atoms with E-state index in [1.807, 2.05) is 0 Å². The maximum Gasteiger partial charge on any atom is 0.416 e. The molecule has 1 aromatic carbocycles. The molecule has 1 amide bonds. The van der Waals surface area contributed by atoms with Gasteiger partial charge in [-0.1, -0.05) is 6.07 Å². The van der Waals surface area contributed by atoms with Crippen LogP contribution in [-0.4, -0.2) is 39.7 Å². The molecule has 0 radical (unpaired) electrons. The van der Waals surface area contributed by atoms with Gasteiger partial charge in [-0.3, -0.25) is 4.79 Å². The third-order valence-corrected chi connectivity index (χ3v) is 3.99. The number of amides is 1. The summed E-state index contributed by atoms with van der Waals surface area (Å²) in [5, 5.41) is 4.12. The van der Waals surface area contributed by atoms with Crippen molar-refractivity contribution in [3.8, 4) is 5.69 Å². The number of aromatic nitrogens is 2. The largest absolute Gasteiger partial charge is 0.416 e. The molecule has 1 fully saturated rings. The molecule has 5 nitrogen and oxygen atoms in total. The van der Waals surface area contributed by atoms with Crippen LogP contribution in [0.4, 0.5) is 13.2 Å². The standard InChI is InChI=1S/C16H17F3N4O/c17-16(18,19)11-3-1-5-13(9-11)23-8-6-14(21-23)15(24)22-7-2-4-12(20)10-22/h1,3,5-6,8-9,12H,2,4,7,10,20H2. The Hall–Kier alpha value is -2.35. The molecule has 8 heteroatoms. The summed E-state index contributed by atoms with van der Waals surface area (Å²) in [6.45, 7) is 1.08. The number of hydrogen-bond donors (Lipinski definition) is 1. The number of nitrogens with zero attached hydrogens (tertiary/aromatic N) is 3. The molecule has 0 spiro atoms. The summed E-state index contributed by atoms with van der Waals surface area (Å²) in [7, 11) is 0. The van der Waals surface area contributed by atoms with E-state index >= 15 is 0 Å². The Balaban J connectivity index is 1.82. The zero-order valence-corrected chi connectivity index (χ0v) is 12.8. The van der Waals surface area contributed by atoms with Crippen molar-refractivity contribution in [3.05, 3.63) is 47.8 Å². The Morgan fingerprint density at radius 3 is 2.79 bits per heavy atom. The monoisotopic (exact) mass is 338 g/mol. The van der Waals surface area contributed by atoms with Crippen molar-refractivity contribution in [1.29, 1.82) is 0 Å². The van der Waals surface area contributed by atoms with Crippen LogP contribution >= 0.6 is 0 Å². The van der Waals surface area contributed by atoms with Crippen molar-refractivity contribution >= 4 is 5.91 Å². The van der Waals surface area contributed by atoms with E-state index in [1.165, 1.54) is 29.1 Å². The van der Waals surface area contributed by atoms with Gasteiger partial charge in [0.25, 0.3) is 5.91 Å². The second-order valence-electron chi connectivity index (χ2n) is 5.85. The molecule has 1 aliphatic heterocycles. The summed E-state index contributed by atoms with van der Waals surface area (Å²) in [5.74, 6) is -0.254. The first-order valence-electron chi connectivity index (χ1n) is 7.63. The molecule has 1 atom stereocenters. The fraction of sp³-hybridized carbons (Fsp3) is 0.375. The molecule has 0 bridgehead atoms. The van der Waals surface area contributed by atoms with Crippen molar-refractivity contribution in [3.63, 3.8) is 0 Å². The SMILES string of the molecule is NC1CCCN(C(=O)c2ccn(-c3cccc(C(F)(F)F)c3)n2)C1. The minimum absolute atomic E-state index is 0.0479. The van der Waals surface area contributed by atoms with Crippen molar-refractivity contribution in [2.45, 2.75) is 25.1 Å². The summed E-state index contributed by atoms with van der Waals surface area (Å²) in [4.78, 5) is 14.1. The molecule has 1 aromatic heterocycles. The van der Waals surface area contributed by atoms with Crippen LogP contribution in [0.5, 0.6) is 0 Å². The number of carbonyl (C=O) groups is 1. The van der Waals surface area contributed by atoms with Gasteiger partial charge in [0, 0.05) is 25.3 Å². The summed E-state index contributed by atoms with van der Waals surface area (Å²) >= 11 is 0. The molecule has 1 unspecified atom stereocenters. The summed E-state index contributed by atoms with van der Waals surface area (Å²) < 4.78 is 39.7. The smallest absolute Gasteiger partial charge is 0.336 e. The molecule has 1 aliphatic rings. The fourth-order valence-electron chi connectivity index (χ4n) is 2.76. The lowest BCUT2D eigenvalue weighted by Crippen LogP contribution is -2.45. The van der Waals surface area contributed by atoms with Crippen LogP contribution in [0.25, 0.3) is 5.69 Å². The number of likely N-dealkylation sites (tertiary alicyclic amines) is 1. The van der Waals surface area contributed by atoms with Gasteiger partial charge in [-0.05, 0) is 37.1 Å². The average Bonchev–Trinajstić information content (AvgIpc) is 3.03. The van der Waals surface area contributed by atoms with Gasteiger partial charge in [0.15, 0.2) is 5.69 Å². The highest BCUT2D eigenvalue weighted by molar-refractivity contribution is 5.92. The lowest BCUT2D eigenvalue weighted by atomic mass is 10.1. The van der Waals surface area contributed by atoms with Gasteiger partial charge in [-0.2, -0.15) is 18.3 Å². The lowest BCUT2D eigenvalue weighted by molar-refractivity contribution is -0.137. The first-order valence-corrected chi connectivity index (χ1v) is 7.63. The highest BCUT2D eigenvalue weighted by Crippen LogP contribution is 2.30. The van der Waals surface area contributed by atoms with E-state index in [4.69, 9.17) is 5.73 Å². The van der Waals surface area contributed by atoms with Crippen molar-refractivity contribution in [2.24, 2.45) is 5.73 Å². The van der Waals surface area contributed by atoms with Crippen LogP contribution in [0.2, 0.25) is 0 Å². The lowest BCUT2D eigenvalue weighted by Gasteiger charge is -2.30. The molecule has 1 saturated heterocycles.